The fourth-order valence-corrected chi connectivity index (χ4v) is 1.73. The van der Waals surface area contributed by atoms with Gasteiger partial charge in [0.25, 0.3) is 0 Å². The first kappa shape index (κ1) is 13.3. The van der Waals surface area contributed by atoms with Gasteiger partial charge < -0.3 is 10.3 Å². The summed E-state index contributed by atoms with van der Waals surface area (Å²) in [5.74, 6) is 0. The van der Waals surface area contributed by atoms with Crippen LogP contribution in [0.5, 0.6) is 0 Å². The molecule has 3 nitrogen and oxygen atoms in total. The molecular weight excluding hydrogens is 210 g/mol. The highest BCUT2D eigenvalue weighted by atomic mass is 14.9. The molecule has 3 heterocycles. The van der Waals surface area contributed by atoms with Crippen molar-refractivity contribution in [3.05, 3.63) is 35.8 Å². The predicted molar refractivity (Wildman–Crippen MR) is 74.7 cm³/mol. The molecule has 0 atom stereocenters. The van der Waals surface area contributed by atoms with Crippen molar-refractivity contribution in [1.29, 1.82) is 0 Å². The molecule has 0 saturated carbocycles. The molecule has 92 valence electrons. The highest BCUT2D eigenvalue weighted by Gasteiger charge is 2.10. The lowest BCUT2D eigenvalue weighted by Crippen LogP contribution is -2.09. The lowest BCUT2D eigenvalue weighted by atomic mass is 10.1. The molecule has 17 heavy (non-hydrogen) atoms. The van der Waals surface area contributed by atoms with Gasteiger partial charge in [0.05, 0.1) is 6.54 Å². The molecule has 0 aliphatic carbocycles. The molecule has 0 radical (unpaired) electrons. The maximum atomic E-state index is 4.27. The van der Waals surface area contributed by atoms with E-state index in [1.807, 2.05) is 40.0 Å². The minimum absolute atomic E-state index is 0.863. The van der Waals surface area contributed by atoms with Gasteiger partial charge in [-0.05, 0) is 24.4 Å². The molecule has 0 spiro atoms. The van der Waals surface area contributed by atoms with E-state index in [0.29, 0.717) is 0 Å². The second-order valence-electron chi connectivity index (χ2n) is 3.13. The first-order chi connectivity index (χ1) is 8.45. The van der Waals surface area contributed by atoms with Crippen LogP contribution in [0.3, 0.4) is 0 Å². The van der Waals surface area contributed by atoms with E-state index in [9.17, 15) is 0 Å². The Labute approximate surface area is 103 Å². The molecule has 1 aliphatic rings. The average Bonchev–Trinajstić information content (AvgIpc) is 2.82. The third-order valence-electron chi connectivity index (χ3n) is 2.34. The van der Waals surface area contributed by atoms with Gasteiger partial charge in [0.15, 0.2) is 0 Å². The van der Waals surface area contributed by atoms with Crippen LogP contribution in [0, 0.1) is 0 Å². The molecule has 0 fully saturated rings. The molecule has 0 aromatic carbocycles. The number of hydrogen-bond acceptors (Lipinski definition) is 2. The lowest BCUT2D eigenvalue weighted by Gasteiger charge is -2.05. The van der Waals surface area contributed by atoms with E-state index in [1.54, 1.807) is 6.20 Å². The summed E-state index contributed by atoms with van der Waals surface area (Å²) in [5, 5.41) is 4.37. The summed E-state index contributed by atoms with van der Waals surface area (Å²) in [6, 6.07) is 4.06. The van der Waals surface area contributed by atoms with Crippen molar-refractivity contribution >= 4 is 17.1 Å². The summed E-state index contributed by atoms with van der Waals surface area (Å²) in [7, 11) is 0. The van der Waals surface area contributed by atoms with Crippen molar-refractivity contribution in [3.8, 4) is 0 Å². The zero-order chi connectivity index (χ0) is 12.7. The Balaban J connectivity index is 0.000000330. The Bertz CT molecular complexity index is 483. The van der Waals surface area contributed by atoms with Crippen LogP contribution in [0.15, 0.2) is 24.5 Å². The molecular formula is C14H21N3. The number of fused-ring (bicyclic) bond motifs is 3. The SMILES string of the molecule is C1=Cc2c([nH]c3ncccc23)CN1.CC.CC. The van der Waals surface area contributed by atoms with E-state index in [1.165, 1.54) is 16.6 Å². The number of rotatable bonds is 0. The van der Waals surface area contributed by atoms with Gasteiger partial charge in [-0.2, -0.15) is 0 Å². The smallest absolute Gasteiger partial charge is 0.138 e. The number of aromatic nitrogens is 2. The Morgan fingerprint density at radius 1 is 1.18 bits per heavy atom. The fraction of sp³-hybridized carbons (Fsp3) is 0.357. The number of nitrogens with zero attached hydrogens (tertiary/aromatic N) is 1. The van der Waals surface area contributed by atoms with Crippen molar-refractivity contribution in [2.75, 3.05) is 0 Å². The van der Waals surface area contributed by atoms with Crippen molar-refractivity contribution in [2.45, 2.75) is 34.2 Å². The molecule has 3 rings (SSSR count). The van der Waals surface area contributed by atoms with Crippen LogP contribution in [0.2, 0.25) is 0 Å². The first-order valence-corrected chi connectivity index (χ1v) is 6.30. The molecule has 1 aliphatic heterocycles. The van der Waals surface area contributed by atoms with Crippen LogP contribution < -0.4 is 5.32 Å². The van der Waals surface area contributed by atoms with Crippen LogP contribution in [0.25, 0.3) is 17.1 Å². The highest BCUT2D eigenvalue weighted by Crippen LogP contribution is 2.23. The number of pyridine rings is 1. The Morgan fingerprint density at radius 3 is 2.71 bits per heavy atom. The fourth-order valence-electron chi connectivity index (χ4n) is 1.73. The predicted octanol–water partition coefficient (Wildman–Crippen LogP) is 3.69. The lowest BCUT2D eigenvalue weighted by molar-refractivity contribution is 0.836. The van der Waals surface area contributed by atoms with Crippen LogP contribution in [-0.2, 0) is 6.54 Å². The van der Waals surface area contributed by atoms with E-state index < -0.39 is 0 Å². The van der Waals surface area contributed by atoms with E-state index >= 15 is 0 Å². The van der Waals surface area contributed by atoms with Gasteiger partial charge in [-0.3, -0.25) is 0 Å². The second kappa shape index (κ2) is 6.74. The number of hydrogen-bond donors (Lipinski definition) is 2. The van der Waals surface area contributed by atoms with Gasteiger partial charge in [-0.1, -0.05) is 27.7 Å². The number of H-pyrrole nitrogens is 1. The average molecular weight is 231 g/mol. The summed E-state index contributed by atoms with van der Waals surface area (Å²) in [6.07, 6.45) is 5.86. The summed E-state index contributed by atoms with van der Waals surface area (Å²) in [5.41, 5.74) is 3.46. The summed E-state index contributed by atoms with van der Waals surface area (Å²) < 4.78 is 0. The monoisotopic (exact) mass is 231 g/mol. The maximum absolute atomic E-state index is 4.27. The van der Waals surface area contributed by atoms with Crippen molar-refractivity contribution in [2.24, 2.45) is 0 Å². The molecule has 0 unspecified atom stereocenters. The molecule has 2 N–H and O–H groups in total. The van der Waals surface area contributed by atoms with E-state index in [-0.39, 0.29) is 0 Å². The summed E-state index contributed by atoms with van der Waals surface area (Å²) in [4.78, 5) is 7.56. The first-order valence-electron chi connectivity index (χ1n) is 6.30. The van der Waals surface area contributed by atoms with Gasteiger partial charge in [0, 0.05) is 22.8 Å². The van der Waals surface area contributed by atoms with Gasteiger partial charge in [-0.15, -0.1) is 0 Å². The third kappa shape index (κ3) is 2.67. The maximum Gasteiger partial charge on any atom is 0.138 e. The number of nitrogens with one attached hydrogen (secondary N) is 2. The van der Waals surface area contributed by atoms with Crippen LogP contribution in [0.4, 0.5) is 0 Å². The molecule has 2 aromatic heterocycles. The minimum atomic E-state index is 0.863. The van der Waals surface area contributed by atoms with E-state index in [0.717, 1.165) is 12.2 Å². The largest absolute Gasteiger partial charge is 0.385 e. The molecule has 3 heteroatoms. The normalized spacial score (nSPS) is 11.5. The Kier molecular flexibility index (Phi) is 5.27. The Morgan fingerprint density at radius 2 is 1.94 bits per heavy atom. The van der Waals surface area contributed by atoms with Crippen molar-refractivity contribution in [1.82, 2.24) is 15.3 Å². The quantitative estimate of drug-likeness (QED) is 0.726. The zero-order valence-electron chi connectivity index (χ0n) is 11.0. The summed E-state index contributed by atoms with van der Waals surface area (Å²) >= 11 is 0. The van der Waals surface area contributed by atoms with Gasteiger partial charge >= 0.3 is 0 Å². The van der Waals surface area contributed by atoms with Crippen LogP contribution in [0.1, 0.15) is 39.0 Å². The van der Waals surface area contributed by atoms with E-state index in [2.05, 4.69) is 27.4 Å². The molecule has 0 bridgehead atoms. The van der Waals surface area contributed by atoms with Gasteiger partial charge in [0.2, 0.25) is 0 Å². The minimum Gasteiger partial charge on any atom is -0.385 e. The topological polar surface area (TPSA) is 40.7 Å². The Hall–Kier alpha value is -1.77. The molecule has 2 aromatic rings. The van der Waals surface area contributed by atoms with Gasteiger partial charge in [-0.25, -0.2) is 4.98 Å². The zero-order valence-corrected chi connectivity index (χ0v) is 11.0. The third-order valence-corrected chi connectivity index (χ3v) is 2.34. The number of aromatic amines is 1. The molecule has 0 saturated heterocycles. The van der Waals surface area contributed by atoms with E-state index in [4.69, 9.17) is 0 Å². The highest BCUT2D eigenvalue weighted by molar-refractivity contribution is 5.88. The van der Waals surface area contributed by atoms with Crippen molar-refractivity contribution < 1.29 is 0 Å². The van der Waals surface area contributed by atoms with Gasteiger partial charge in [0.1, 0.15) is 5.65 Å². The molecule has 0 amide bonds. The van der Waals surface area contributed by atoms with Crippen LogP contribution >= 0.6 is 0 Å². The summed E-state index contributed by atoms with van der Waals surface area (Å²) in [6.45, 7) is 8.86. The second-order valence-corrected chi connectivity index (χ2v) is 3.13. The van der Waals surface area contributed by atoms with Crippen molar-refractivity contribution in [3.63, 3.8) is 0 Å². The van der Waals surface area contributed by atoms with Crippen LogP contribution in [-0.4, -0.2) is 9.97 Å². The standard InChI is InChI=1S/C10H9N3.2C2H6/c1-2-8-7-3-5-11-6-9(7)13-10(8)12-4-1;2*1-2/h1-5,11H,6H2,(H,12,13);2*1-2H3.